The first kappa shape index (κ1) is 11.3. The summed E-state index contributed by atoms with van der Waals surface area (Å²) in [6.07, 6.45) is 6.87. The summed E-state index contributed by atoms with van der Waals surface area (Å²) in [6.45, 7) is 7.55. The van der Waals surface area contributed by atoms with Crippen LogP contribution in [0.4, 0.5) is 0 Å². The van der Waals surface area contributed by atoms with E-state index in [9.17, 15) is 0 Å². The molecule has 0 nitrogen and oxygen atoms in total. The number of hydrogen-bond donors (Lipinski definition) is 0. The van der Waals surface area contributed by atoms with Gasteiger partial charge in [0, 0.05) is 0 Å². The molecule has 0 heteroatoms. The molecule has 0 spiro atoms. The number of rotatable bonds is 0. The molecule has 2 aliphatic carbocycles. The Morgan fingerprint density at radius 2 is 1.88 bits per heavy atom. The van der Waals surface area contributed by atoms with Crippen LogP contribution in [0, 0.1) is 11.3 Å². The molecular weight excluding hydrogens is 204 g/mol. The topological polar surface area (TPSA) is 0 Å². The maximum atomic E-state index is 2.55. The van der Waals surface area contributed by atoms with Gasteiger partial charge in [-0.15, -0.1) is 0 Å². The van der Waals surface area contributed by atoms with E-state index in [0.717, 1.165) is 5.92 Å². The van der Waals surface area contributed by atoms with Gasteiger partial charge in [0.05, 0.1) is 0 Å². The van der Waals surface area contributed by atoms with Crippen molar-refractivity contribution >= 4 is 0 Å². The number of benzene rings is 1. The van der Waals surface area contributed by atoms with Crippen molar-refractivity contribution in [3.05, 3.63) is 35.4 Å². The van der Waals surface area contributed by atoms with Crippen LogP contribution in [-0.2, 0) is 11.8 Å². The van der Waals surface area contributed by atoms with Crippen molar-refractivity contribution in [3.63, 3.8) is 0 Å². The van der Waals surface area contributed by atoms with Gasteiger partial charge in [-0.25, -0.2) is 0 Å². The molecule has 2 aliphatic rings. The van der Waals surface area contributed by atoms with Gasteiger partial charge in [0.1, 0.15) is 0 Å². The zero-order valence-electron chi connectivity index (χ0n) is 11.4. The smallest absolute Gasteiger partial charge is 0.00161 e. The highest BCUT2D eigenvalue weighted by Crippen LogP contribution is 2.59. The minimum atomic E-state index is 0.416. The van der Waals surface area contributed by atoms with E-state index in [1.165, 1.54) is 32.1 Å². The van der Waals surface area contributed by atoms with E-state index in [2.05, 4.69) is 45.0 Å². The van der Waals surface area contributed by atoms with Gasteiger partial charge < -0.3 is 0 Å². The Labute approximate surface area is 105 Å². The quantitative estimate of drug-likeness (QED) is 0.603. The Kier molecular flexibility index (Phi) is 2.40. The highest BCUT2D eigenvalue weighted by molar-refractivity contribution is 5.39. The second-order valence-corrected chi connectivity index (χ2v) is 6.70. The molecule has 0 heterocycles. The lowest BCUT2D eigenvalue weighted by molar-refractivity contribution is 0.0109. The monoisotopic (exact) mass is 228 g/mol. The van der Waals surface area contributed by atoms with Crippen molar-refractivity contribution in [2.75, 3.05) is 0 Å². The van der Waals surface area contributed by atoms with Gasteiger partial charge in [-0.1, -0.05) is 57.9 Å². The summed E-state index contributed by atoms with van der Waals surface area (Å²) in [4.78, 5) is 0. The molecule has 0 N–H and O–H groups in total. The van der Waals surface area contributed by atoms with Crippen molar-refractivity contribution in [1.82, 2.24) is 0 Å². The fourth-order valence-electron chi connectivity index (χ4n) is 4.55. The summed E-state index contributed by atoms with van der Waals surface area (Å²) in [7, 11) is 0. The first-order valence-corrected chi connectivity index (χ1v) is 7.16. The van der Waals surface area contributed by atoms with Crippen LogP contribution in [0.2, 0.25) is 0 Å². The Morgan fingerprint density at radius 3 is 2.71 bits per heavy atom. The van der Waals surface area contributed by atoms with E-state index in [1.807, 2.05) is 0 Å². The lowest BCUT2D eigenvalue weighted by Gasteiger charge is -2.57. The second-order valence-electron chi connectivity index (χ2n) is 6.70. The molecule has 0 bridgehead atoms. The lowest BCUT2D eigenvalue weighted by Crippen LogP contribution is -2.51. The average Bonchev–Trinajstić information content (AvgIpc) is 2.33. The molecule has 1 aromatic rings. The van der Waals surface area contributed by atoms with E-state index in [-0.39, 0.29) is 0 Å². The molecule has 0 aromatic heterocycles. The third kappa shape index (κ3) is 1.36. The molecule has 3 rings (SSSR count). The van der Waals surface area contributed by atoms with Crippen molar-refractivity contribution in [3.8, 4) is 0 Å². The normalized spacial score (nSPS) is 40.5. The third-order valence-electron chi connectivity index (χ3n) is 6.19. The lowest BCUT2D eigenvalue weighted by atomic mass is 9.47. The van der Waals surface area contributed by atoms with Gasteiger partial charge in [0.15, 0.2) is 0 Å². The van der Waals surface area contributed by atoms with Gasteiger partial charge >= 0.3 is 0 Å². The van der Waals surface area contributed by atoms with Crippen LogP contribution in [0.15, 0.2) is 24.3 Å². The maximum absolute atomic E-state index is 2.55. The fraction of sp³-hybridized carbons (Fsp3) is 0.647. The Hall–Kier alpha value is -0.780. The van der Waals surface area contributed by atoms with E-state index >= 15 is 0 Å². The molecule has 1 fully saturated rings. The summed E-state index contributed by atoms with van der Waals surface area (Å²) in [5.41, 5.74) is 4.20. The number of aryl methyl sites for hydroxylation is 1. The summed E-state index contributed by atoms with van der Waals surface area (Å²) in [5.74, 6) is 0.870. The zero-order chi connectivity index (χ0) is 12.1. The van der Waals surface area contributed by atoms with Gasteiger partial charge in [-0.05, 0) is 47.1 Å². The van der Waals surface area contributed by atoms with E-state index in [0.29, 0.717) is 10.8 Å². The standard InChI is InChI=1S/C17H24/c1-13-7-6-11-17(3)15-9-5-4-8-14(15)10-12-16(13,17)2/h4-5,8-9,13H,6-7,10-12H2,1-3H3/t13?,16?,17-/m1/s1. The summed E-state index contributed by atoms with van der Waals surface area (Å²) >= 11 is 0. The molecular formula is C17H24. The molecule has 0 saturated heterocycles. The molecule has 1 aromatic carbocycles. The summed E-state index contributed by atoms with van der Waals surface area (Å²) in [6, 6.07) is 9.18. The van der Waals surface area contributed by atoms with Crippen LogP contribution < -0.4 is 0 Å². The zero-order valence-corrected chi connectivity index (χ0v) is 11.4. The molecule has 0 amide bonds. The highest BCUT2D eigenvalue weighted by Gasteiger charge is 2.52. The Balaban J connectivity index is 2.16. The summed E-state index contributed by atoms with van der Waals surface area (Å²) in [5, 5.41) is 0. The van der Waals surface area contributed by atoms with E-state index < -0.39 is 0 Å². The molecule has 0 aliphatic heterocycles. The predicted octanol–water partition coefficient (Wildman–Crippen LogP) is 4.72. The second kappa shape index (κ2) is 3.60. The van der Waals surface area contributed by atoms with Gasteiger partial charge in [-0.2, -0.15) is 0 Å². The van der Waals surface area contributed by atoms with Crippen molar-refractivity contribution in [2.45, 2.75) is 58.3 Å². The first-order chi connectivity index (χ1) is 8.08. The van der Waals surface area contributed by atoms with Crippen LogP contribution in [0.25, 0.3) is 0 Å². The van der Waals surface area contributed by atoms with Gasteiger partial charge in [-0.3, -0.25) is 0 Å². The SMILES string of the molecule is CC1CCC[C@]2(C)c3ccccc3CCC12C. The van der Waals surface area contributed by atoms with Crippen LogP contribution in [0.3, 0.4) is 0 Å². The largest absolute Gasteiger partial charge is 0.0620 e. The minimum Gasteiger partial charge on any atom is -0.0620 e. The predicted molar refractivity (Wildman–Crippen MR) is 73.2 cm³/mol. The average molecular weight is 228 g/mol. The molecule has 92 valence electrons. The van der Waals surface area contributed by atoms with Gasteiger partial charge in [0.2, 0.25) is 0 Å². The third-order valence-corrected chi connectivity index (χ3v) is 6.19. The molecule has 17 heavy (non-hydrogen) atoms. The van der Waals surface area contributed by atoms with E-state index in [4.69, 9.17) is 0 Å². The summed E-state index contributed by atoms with van der Waals surface area (Å²) < 4.78 is 0. The van der Waals surface area contributed by atoms with Crippen LogP contribution in [0.1, 0.15) is 57.6 Å². The molecule has 3 atom stereocenters. The Morgan fingerprint density at radius 1 is 1.12 bits per heavy atom. The van der Waals surface area contributed by atoms with Gasteiger partial charge in [0.25, 0.3) is 0 Å². The number of fused-ring (bicyclic) bond motifs is 3. The highest BCUT2D eigenvalue weighted by atomic mass is 14.6. The van der Waals surface area contributed by atoms with Crippen molar-refractivity contribution in [1.29, 1.82) is 0 Å². The first-order valence-electron chi connectivity index (χ1n) is 7.16. The fourth-order valence-corrected chi connectivity index (χ4v) is 4.55. The molecule has 1 saturated carbocycles. The molecule has 0 radical (unpaired) electrons. The van der Waals surface area contributed by atoms with Crippen LogP contribution in [-0.4, -0.2) is 0 Å². The number of hydrogen-bond acceptors (Lipinski definition) is 0. The molecule has 2 unspecified atom stereocenters. The maximum Gasteiger partial charge on any atom is -0.00161 e. The minimum absolute atomic E-state index is 0.416. The van der Waals surface area contributed by atoms with Crippen molar-refractivity contribution in [2.24, 2.45) is 11.3 Å². The Bertz CT molecular complexity index is 433. The van der Waals surface area contributed by atoms with Crippen molar-refractivity contribution < 1.29 is 0 Å². The van der Waals surface area contributed by atoms with Crippen LogP contribution >= 0.6 is 0 Å². The van der Waals surface area contributed by atoms with E-state index in [1.54, 1.807) is 11.1 Å². The van der Waals surface area contributed by atoms with Crippen LogP contribution in [0.5, 0.6) is 0 Å².